The molecule has 1 aliphatic carbocycles. The van der Waals surface area contributed by atoms with Crippen molar-refractivity contribution in [1.29, 1.82) is 0 Å². The van der Waals surface area contributed by atoms with Gasteiger partial charge in [-0.25, -0.2) is 4.39 Å². The molecule has 1 saturated heterocycles. The molecule has 1 aliphatic heterocycles. The van der Waals surface area contributed by atoms with E-state index in [-0.39, 0.29) is 5.82 Å². The first-order valence-corrected chi connectivity index (χ1v) is 7.85. The monoisotopic (exact) mass is 278 g/mol. The first-order valence-electron chi connectivity index (χ1n) is 7.85. The Balaban J connectivity index is 0.000000461. The van der Waals surface area contributed by atoms with Crippen LogP contribution in [-0.2, 0) is 0 Å². The summed E-state index contributed by atoms with van der Waals surface area (Å²) in [4.78, 5) is 6.65. The van der Waals surface area contributed by atoms with Gasteiger partial charge in [0.05, 0.1) is 11.9 Å². The highest BCUT2D eigenvalue weighted by atomic mass is 19.1. The van der Waals surface area contributed by atoms with Crippen molar-refractivity contribution >= 4 is 5.57 Å². The summed E-state index contributed by atoms with van der Waals surface area (Å²) >= 11 is 0. The first-order chi connectivity index (χ1) is 9.78. The molecule has 0 radical (unpaired) electrons. The molecule has 2 nitrogen and oxygen atoms in total. The summed E-state index contributed by atoms with van der Waals surface area (Å²) in [6, 6.07) is 3.86. The van der Waals surface area contributed by atoms with Gasteiger partial charge in [-0.2, -0.15) is 0 Å². The van der Waals surface area contributed by atoms with Crippen molar-refractivity contribution in [3.05, 3.63) is 35.9 Å². The number of fused-ring (bicyclic) bond motifs is 2. The standard InChI is InChI=1S/C13H15FN2.2C2H6/c1-2-16-8-9-5-11(16)6-12(9)13-4-3-10(14)7-15-13;2*1-2/h3-4,6-7,9,11H,2,5,8H2,1H3;2*1-2H3. The number of halogens is 1. The van der Waals surface area contributed by atoms with Crippen LogP contribution in [0.4, 0.5) is 4.39 Å². The van der Waals surface area contributed by atoms with Crippen LogP contribution in [0, 0.1) is 11.7 Å². The van der Waals surface area contributed by atoms with Crippen molar-refractivity contribution in [3.8, 4) is 0 Å². The van der Waals surface area contributed by atoms with Crippen LogP contribution in [-0.4, -0.2) is 29.0 Å². The van der Waals surface area contributed by atoms with Gasteiger partial charge in [0.15, 0.2) is 0 Å². The highest BCUT2D eigenvalue weighted by Crippen LogP contribution is 2.41. The zero-order chi connectivity index (χ0) is 15.1. The third-order valence-corrected chi connectivity index (χ3v) is 3.69. The number of aromatic nitrogens is 1. The van der Waals surface area contributed by atoms with E-state index in [9.17, 15) is 4.39 Å². The fourth-order valence-corrected chi connectivity index (χ4v) is 2.88. The van der Waals surface area contributed by atoms with Crippen LogP contribution in [0.1, 0.15) is 46.7 Å². The van der Waals surface area contributed by atoms with Crippen molar-refractivity contribution in [1.82, 2.24) is 9.88 Å². The van der Waals surface area contributed by atoms with E-state index in [1.54, 1.807) is 6.07 Å². The number of hydrogen-bond acceptors (Lipinski definition) is 2. The van der Waals surface area contributed by atoms with Crippen LogP contribution in [0.2, 0.25) is 0 Å². The van der Waals surface area contributed by atoms with Crippen LogP contribution in [0.3, 0.4) is 0 Å². The Morgan fingerprint density at radius 2 is 1.95 bits per heavy atom. The second-order valence-electron chi connectivity index (χ2n) is 4.57. The molecule has 0 amide bonds. The number of pyridine rings is 1. The lowest BCUT2D eigenvalue weighted by molar-refractivity contribution is 0.297. The number of rotatable bonds is 2. The molecule has 0 aromatic carbocycles. The molecule has 2 heterocycles. The zero-order valence-electron chi connectivity index (χ0n) is 13.4. The molecular weight excluding hydrogens is 251 g/mol. The van der Waals surface area contributed by atoms with Crippen LogP contribution in [0.25, 0.3) is 5.57 Å². The fourth-order valence-electron chi connectivity index (χ4n) is 2.88. The average molecular weight is 278 g/mol. The van der Waals surface area contributed by atoms with Gasteiger partial charge in [-0.1, -0.05) is 40.7 Å². The molecule has 0 spiro atoms. The summed E-state index contributed by atoms with van der Waals surface area (Å²) < 4.78 is 12.8. The molecule has 1 aromatic rings. The number of hydrogen-bond donors (Lipinski definition) is 0. The quantitative estimate of drug-likeness (QED) is 0.798. The van der Waals surface area contributed by atoms with Crippen molar-refractivity contribution in [2.45, 2.75) is 47.1 Å². The summed E-state index contributed by atoms with van der Waals surface area (Å²) in [6.07, 6.45) is 4.82. The van der Waals surface area contributed by atoms with Gasteiger partial charge >= 0.3 is 0 Å². The summed E-state index contributed by atoms with van der Waals surface area (Å²) in [7, 11) is 0. The van der Waals surface area contributed by atoms with E-state index in [0.29, 0.717) is 12.0 Å². The van der Waals surface area contributed by atoms with Crippen LogP contribution < -0.4 is 0 Å². The lowest BCUT2D eigenvalue weighted by Gasteiger charge is -2.24. The van der Waals surface area contributed by atoms with Crippen molar-refractivity contribution < 1.29 is 4.39 Å². The molecule has 3 heteroatoms. The minimum absolute atomic E-state index is 0.261. The predicted octanol–water partition coefficient (Wildman–Crippen LogP) is 4.38. The Morgan fingerprint density at radius 3 is 2.40 bits per heavy atom. The van der Waals surface area contributed by atoms with Crippen molar-refractivity contribution in [3.63, 3.8) is 0 Å². The maximum atomic E-state index is 12.8. The second kappa shape index (κ2) is 8.15. The predicted molar refractivity (Wildman–Crippen MR) is 84.0 cm³/mol. The Bertz CT molecular complexity index is 425. The normalized spacial score (nSPS) is 23.4. The van der Waals surface area contributed by atoms with Gasteiger partial charge in [0.25, 0.3) is 0 Å². The number of nitrogens with zero attached hydrogens (tertiary/aromatic N) is 2. The van der Waals surface area contributed by atoms with Gasteiger partial charge in [-0.05, 0) is 30.7 Å². The minimum Gasteiger partial charge on any atom is -0.297 e. The summed E-state index contributed by atoms with van der Waals surface area (Å²) in [5.41, 5.74) is 2.26. The molecule has 1 aromatic heterocycles. The molecule has 2 bridgehead atoms. The molecule has 112 valence electrons. The van der Waals surface area contributed by atoms with Crippen LogP contribution in [0.15, 0.2) is 24.4 Å². The average Bonchev–Trinajstić information content (AvgIpc) is 3.12. The van der Waals surface area contributed by atoms with Crippen LogP contribution in [0.5, 0.6) is 0 Å². The largest absolute Gasteiger partial charge is 0.297 e. The van der Waals surface area contributed by atoms with E-state index in [1.807, 2.05) is 27.7 Å². The maximum absolute atomic E-state index is 12.8. The summed E-state index contributed by atoms with van der Waals surface area (Å²) in [5.74, 6) is 0.339. The number of likely N-dealkylation sites (N-methyl/N-ethyl adjacent to an activating group) is 1. The third kappa shape index (κ3) is 3.45. The van der Waals surface area contributed by atoms with Crippen LogP contribution >= 0.6 is 0 Å². The molecule has 20 heavy (non-hydrogen) atoms. The third-order valence-electron chi connectivity index (χ3n) is 3.69. The fraction of sp³-hybridized carbons (Fsp3) is 0.588. The molecule has 2 unspecified atom stereocenters. The highest BCUT2D eigenvalue weighted by molar-refractivity contribution is 5.69. The molecule has 1 fully saturated rings. The van der Waals surface area contributed by atoms with E-state index in [2.05, 4.69) is 22.9 Å². The van der Waals surface area contributed by atoms with E-state index in [4.69, 9.17) is 0 Å². The smallest absolute Gasteiger partial charge is 0.141 e. The van der Waals surface area contributed by atoms with Gasteiger partial charge in [0.1, 0.15) is 5.82 Å². The maximum Gasteiger partial charge on any atom is 0.141 e. The molecule has 3 rings (SSSR count). The highest BCUT2D eigenvalue weighted by Gasteiger charge is 2.38. The zero-order valence-corrected chi connectivity index (χ0v) is 13.4. The lowest BCUT2D eigenvalue weighted by atomic mass is 9.99. The Morgan fingerprint density at radius 1 is 1.25 bits per heavy atom. The SMILES string of the molecule is CC.CC.CCN1CC2CC1C=C2c1ccc(F)cn1. The Labute approximate surface area is 122 Å². The van der Waals surface area contributed by atoms with Gasteiger partial charge in [0, 0.05) is 18.5 Å². The molecule has 2 atom stereocenters. The molecule has 0 saturated carbocycles. The van der Waals surface area contributed by atoms with E-state index in [0.717, 1.165) is 18.8 Å². The molecular formula is C17H27FN2. The van der Waals surface area contributed by atoms with Gasteiger partial charge < -0.3 is 0 Å². The van der Waals surface area contributed by atoms with E-state index in [1.165, 1.54) is 24.3 Å². The van der Waals surface area contributed by atoms with Gasteiger partial charge in [-0.3, -0.25) is 9.88 Å². The minimum atomic E-state index is -0.261. The van der Waals surface area contributed by atoms with Gasteiger partial charge in [-0.15, -0.1) is 0 Å². The summed E-state index contributed by atoms with van der Waals surface area (Å²) in [6.45, 7) is 12.4. The van der Waals surface area contributed by atoms with E-state index >= 15 is 0 Å². The first kappa shape index (κ1) is 16.8. The molecule has 2 aliphatic rings. The van der Waals surface area contributed by atoms with Crippen molar-refractivity contribution in [2.24, 2.45) is 5.92 Å². The van der Waals surface area contributed by atoms with Gasteiger partial charge in [0.2, 0.25) is 0 Å². The Hall–Kier alpha value is -1.22. The van der Waals surface area contributed by atoms with Crippen molar-refractivity contribution in [2.75, 3.05) is 13.1 Å². The lowest BCUT2D eigenvalue weighted by Crippen LogP contribution is -2.30. The number of likely N-dealkylation sites (tertiary alicyclic amines) is 1. The Kier molecular flexibility index (Phi) is 6.86. The second-order valence-corrected chi connectivity index (χ2v) is 4.57. The topological polar surface area (TPSA) is 16.1 Å². The molecule has 0 N–H and O–H groups in total. The summed E-state index contributed by atoms with van der Waals surface area (Å²) in [5, 5.41) is 0. The van der Waals surface area contributed by atoms with E-state index < -0.39 is 0 Å².